The van der Waals surface area contributed by atoms with E-state index in [1.807, 2.05) is 0 Å². The van der Waals surface area contributed by atoms with Gasteiger partial charge in [0.05, 0.1) is 0 Å². The Balaban J connectivity index is 3.80. The van der Waals surface area contributed by atoms with Crippen LogP contribution in [0.15, 0.2) is 24.4 Å². The van der Waals surface area contributed by atoms with Crippen molar-refractivity contribution in [3.8, 4) is 0 Å². The predicted octanol–water partition coefficient (Wildman–Crippen LogP) is -0.322. The van der Waals surface area contributed by atoms with Crippen LogP contribution in [0.1, 0.15) is 6.92 Å². The minimum Gasteiger partial charge on any atom is -0.366 e. The van der Waals surface area contributed by atoms with Crippen molar-refractivity contribution in [2.75, 3.05) is 0 Å². The molecule has 0 aliphatic heterocycles. The molecule has 0 aliphatic rings. The van der Waals surface area contributed by atoms with Crippen LogP contribution in [-0.2, 0) is 9.59 Å². The van der Waals surface area contributed by atoms with E-state index < -0.39 is 5.91 Å². The molecule has 4 heteroatoms. The summed E-state index contributed by atoms with van der Waals surface area (Å²) in [4.78, 5) is 20.8. The van der Waals surface area contributed by atoms with Crippen LogP contribution in [0.5, 0.6) is 0 Å². The minimum absolute atomic E-state index is 0.331. The molecule has 0 spiro atoms. The molecule has 0 bridgehead atoms. The topological polar surface area (TPSA) is 72.2 Å². The summed E-state index contributed by atoms with van der Waals surface area (Å²) in [6.07, 6.45) is 2.24. The molecule has 0 aromatic heterocycles. The second kappa shape index (κ2) is 4.27. The monoisotopic (exact) mass is 154 g/mol. The van der Waals surface area contributed by atoms with E-state index in [0.29, 0.717) is 5.57 Å². The van der Waals surface area contributed by atoms with Gasteiger partial charge in [-0.15, -0.1) is 0 Å². The fourth-order valence-electron chi connectivity index (χ4n) is 0.323. The average Bonchev–Trinajstić information content (AvgIpc) is 1.86. The van der Waals surface area contributed by atoms with Crippen molar-refractivity contribution < 1.29 is 9.59 Å². The molecule has 2 amide bonds. The molecule has 0 unspecified atom stereocenters. The first-order valence-corrected chi connectivity index (χ1v) is 2.96. The van der Waals surface area contributed by atoms with Crippen LogP contribution >= 0.6 is 0 Å². The smallest absolute Gasteiger partial charge is 0.250 e. The Morgan fingerprint density at radius 3 is 2.45 bits per heavy atom. The summed E-state index contributed by atoms with van der Waals surface area (Å²) in [6, 6.07) is 0. The second-order valence-corrected chi connectivity index (χ2v) is 1.99. The molecule has 0 fully saturated rings. The van der Waals surface area contributed by atoms with Gasteiger partial charge in [-0.25, -0.2) is 0 Å². The van der Waals surface area contributed by atoms with E-state index in [1.54, 1.807) is 6.92 Å². The van der Waals surface area contributed by atoms with Crippen LogP contribution in [0, 0.1) is 0 Å². The van der Waals surface area contributed by atoms with Crippen LogP contribution in [0.4, 0.5) is 0 Å². The summed E-state index contributed by atoms with van der Waals surface area (Å²) >= 11 is 0. The van der Waals surface area contributed by atoms with Crippen LogP contribution in [-0.4, -0.2) is 11.8 Å². The third kappa shape index (κ3) is 4.90. The maximum atomic E-state index is 10.7. The molecule has 3 N–H and O–H groups in total. The maximum Gasteiger partial charge on any atom is 0.250 e. The van der Waals surface area contributed by atoms with Gasteiger partial charge in [0, 0.05) is 17.8 Å². The molecule has 4 nitrogen and oxygen atoms in total. The van der Waals surface area contributed by atoms with Crippen LogP contribution in [0.2, 0.25) is 0 Å². The highest BCUT2D eigenvalue weighted by atomic mass is 16.2. The Hall–Kier alpha value is -1.58. The van der Waals surface area contributed by atoms with E-state index in [-0.39, 0.29) is 5.91 Å². The highest BCUT2D eigenvalue weighted by molar-refractivity contribution is 5.93. The fraction of sp³-hybridized carbons (Fsp3) is 0.143. The number of nitrogens with one attached hydrogen (secondary N) is 1. The molecule has 0 saturated heterocycles. The van der Waals surface area contributed by atoms with Gasteiger partial charge in [0.1, 0.15) is 0 Å². The molecule has 0 saturated carbocycles. The molecule has 0 aliphatic carbocycles. The van der Waals surface area contributed by atoms with E-state index in [9.17, 15) is 9.59 Å². The van der Waals surface area contributed by atoms with Gasteiger partial charge >= 0.3 is 0 Å². The number of carbonyl (C=O) groups excluding carboxylic acids is 2. The Bertz CT molecular complexity index is 218. The number of primary amides is 1. The zero-order valence-corrected chi connectivity index (χ0v) is 6.26. The molecule has 0 aromatic carbocycles. The van der Waals surface area contributed by atoms with Gasteiger partial charge in [-0.3, -0.25) is 9.59 Å². The van der Waals surface area contributed by atoms with Crippen LogP contribution < -0.4 is 11.1 Å². The number of carbonyl (C=O) groups is 2. The zero-order chi connectivity index (χ0) is 8.85. The Morgan fingerprint density at radius 1 is 1.55 bits per heavy atom. The van der Waals surface area contributed by atoms with E-state index in [4.69, 9.17) is 5.73 Å². The van der Waals surface area contributed by atoms with Gasteiger partial charge in [0.25, 0.3) is 0 Å². The van der Waals surface area contributed by atoms with Gasteiger partial charge in [0.2, 0.25) is 11.8 Å². The third-order valence-electron chi connectivity index (χ3n) is 0.850. The average molecular weight is 154 g/mol. The molecule has 0 rings (SSSR count). The quantitative estimate of drug-likeness (QED) is 0.547. The van der Waals surface area contributed by atoms with Gasteiger partial charge in [0.15, 0.2) is 0 Å². The highest BCUT2D eigenvalue weighted by Gasteiger charge is 1.95. The normalized spacial score (nSPS) is 9.55. The lowest BCUT2D eigenvalue weighted by atomic mass is 10.3. The number of hydrogen-bond acceptors (Lipinski definition) is 2. The van der Waals surface area contributed by atoms with Crippen molar-refractivity contribution in [1.29, 1.82) is 0 Å². The van der Waals surface area contributed by atoms with Crippen molar-refractivity contribution >= 4 is 11.8 Å². The lowest BCUT2D eigenvalue weighted by Gasteiger charge is -1.95. The highest BCUT2D eigenvalue weighted by Crippen LogP contribution is 1.84. The third-order valence-corrected chi connectivity index (χ3v) is 0.850. The minimum atomic E-state index is -0.605. The Labute approximate surface area is 64.8 Å². The lowest BCUT2D eigenvalue weighted by Crippen LogP contribution is -2.18. The van der Waals surface area contributed by atoms with Crippen LogP contribution in [0.25, 0.3) is 0 Å². The first-order chi connectivity index (χ1) is 5.04. The van der Waals surface area contributed by atoms with E-state index >= 15 is 0 Å². The molecular weight excluding hydrogens is 144 g/mol. The maximum absolute atomic E-state index is 10.7. The summed E-state index contributed by atoms with van der Waals surface area (Å²) in [6.45, 7) is 4.95. The molecule has 0 heterocycles. The first-order valence-electron chi connectivity index (χ1n) is 2.96. The summed E-state index contributed by atoms with van der Waals surface area (Å²) in [5.41, 5.74) is 5.13. The predicted molar refractivity (Wildman–Crippen MR) is 41.3 cm³/mol. The molecule has 60 valence electrons. The first kappa shape index (κ1) is 9.42. The molecule has 11 heavy (non-hydrogen) atoms. The van der Waals surface area contributed by atoms with E-state index in [1.165, 1.54) is 6.20 Å². The largest absolute Gasteiger partial charge is 0.366 e. The van der Waals surface area contributed by atoms with Crippen molar-refractivity contribution in [2.45, 2.75) is 6.92 Å². The van der Waals surface area contributed by atoms with Crippen molar-refractivity contribution in [3.63, 3.8) is 0 Å². The number of nitrogens with two attached hydrogens (primary N) is 1. The second-order valence-electron chi connectivity index (χ2n) is 1.99. The lowest BCUT2D eigenvalue weighted by molar-refractivity contribution is -0.116. The number of rotatable bonds is 3. The molecule has 0 aromatic rings. The molecular formula is C7H10N2O2. The van der Waals surface area contributed by atoms with Gasteiger partial charge in [-0.05, 0) is 6.92 Å². The Morgan fingerprint density at radius 2 is 2.09 bits per heavy atom. The zero-order valence-electron chi connectivity index (χ0n) is 6.26. The van der Waals surface area contributed by atoms with Crippen LogP contribution in [0.3, 0.4) is 0 Å². The summed E-state index contributed by atoms with van der Waals surface area (Å²) in [7, 11) is 0. The fourth-order valence-corrected chi connectivity index (χ4v) is 0.323. The standard InChI is InChI=1S/C7H10N2O2/c1-5(2)7(11)9-4-3-6(8)10/h3-4H,1H2,2H3,(H2,8,10)(H,9,11). The molecule has 0 atom stereocenters. The summed E-state index contributed by atoms with van der Waals surface area (Å²) in [5, 5.41) is 2.29. The SMILES string of the molecule is C=C(C)C(=O)NC=CC(N)=O. The van der Waals surface area contributed by atoms with Crippen molar-refractivity contribution in [1.82, 2.24) is 5.32 Å². The summed E-state index contributed by atoms with van der Waals surface area (Å²) < 4.78 is 0. The van der Waals surface area contributed by atoms with Crippen molar-refractivity contribution in [2.24, 2.45) is 5.73 Å². The molecule has 0 radical (unpaired) electrons. The van der Waals surface area contributed by atoms with E-state index in [2.05, 4.69) is 11.9 Å². The van der Waals surface area contributed by atoms with Gasteiger partial charge in [-0.2, -0.15) is 0 Å². The van der Waals surface area contributed by atoms with Crippen molar-refractivity contribution in [3.05, 3.63) is 24.4 Å². The summed E-state index contributed by atoms with van der Waals surface area (Å²) in [5.74, 6) is -0.936. The Kier molecular flexibility index (Phi) is 3.66. The van der Waals surface area contributed by atoms with Gasteiger partial charge < -0.3 is 11.1 Å². The van der Waals surface area contributed by atoms with Gasteiger partial charge in [-0.1, -0.05) is 6.58 Å². The number of hydrogen-bond donors (Lipinski definition) is 2. The van der Waals surface area contributed by atoms with E-state index in [0.717, 1.165) is 6.08 Å². The number of amides is 2.